The van der Waals surface area contributed by atoms with Crippen molar-refractivity contribution in [3.8, 4) is 0 Å². The van der Waals surface area contributed by atoms with E-state index in [1.54, 1.807) is 11.3 Å². The first-order chi connectivity index (χ1) is 9.02. The number of thiazole rings is 1. The van der Waals surface area contributed by atoms with E-state index in [9.17, 15) is 0 Å². The molecule has 1 atom stereocenters. The molecule has 0 fully saturated rings. The minimum atomic E-state index is 0.285. The zero-order valence-electron chi connectivity index (χ0n) is 12.3. The third kappa shape index (κ3) is 3.07. The molecule has 0 saturated carbocycles. The average molecular weight is 278 g/mol. The Hall–Kier alpha value is -1.13. The van der Waals surface area contributed by atoms with Crippen LogP contribution in [0.25, 0.3) is 0 Å². The fourth-order valence-electron chi connectivity index (χ4n) is 2.52. The summed E-state index contributed by atoms with van der Waals surface area (Å²) in [5.74, 6) is 2.04. The molecule has 0 aliphatic heterocycles. The molecule has 0 spiro atoms. The number of aromatic nitrogens is 1. The number of nitrogens with one attached hydrogen (secondary N) is 1. The summed E-state index contributed by atoms with van der Waals surface area (Å²) < 4.78 is 5.76. The van der Waals surface area contributed by atoms with Gasteiger partial charge in [-0.1, -0.05) is 6.92 Å². The standard InChI is InChI=1S/C15H22N2OS/c1-6-16-13(7-14-17-9(2)8-19-14)15-10(3)11(4)18-12(15)5/h8,13,16H,6-7H2,1-5H3. The molecule has 0 aromatic carbocycles. The predicted octanol–water partition coefficient (Wildman–Crippen LogP) is 3.86. The molecule has 3 nitrogen and oxygen atoms in total. The third-order valence-corrected chi connectivity index (χ3v) is 4.45. The third-order valence-electron chi connectivity index (χ3n) is 3.46. The molecule has 0 amide bonds. The molecule has 0 saturated heterocycles. The first-order valence-corrected chi connectivity index (χ1v) is 7.61. The number of rotatable bonds is 5. The highest BCUT2D eigenvalue weighted by Crippen LogP contribution is 2.30. The molecule has 4 heteroatoms. The van der Waals surface area contributed by atoms with Crippen LogP contribution < -0.4 is 5.32 Å². The first-order valence-electron chi connectivity index (χ1n) is 6.73. The Morgan fingerprint density at radius 1 is 1.26 bits per heavy atom. The Bertz CT molecular complexity index is 556. The van der Waals surface area contributed by atoms with Gasteiger partial charge >= 0.3 is 0 Å². The maximum atomic E-state index is 5.76. The number of nitrogens with zero attached hydrogens (tertiary/aromatic N) is 1. The van der Waals surface area contributed by atoms with Gasteiger partial charge in [-0.15, -0.1) is 11.3 Å². The van der Waals surface area contributed by atoms with Crippen LogP contribution in [0.15, 0.2) is 9.80 Å². The second kappa shape index (κ2) is 5.88. The number of furan rings is 1. The van der Waals surface area contributed by atoms with E-state index in [4.69, 9.17) is 4.42 Å². The van der Waals surface area contributed by atoms with E-state index < -0.39 is 0 Å². The van der Waals surface area contributed by atoms with Crippen LogP contribution in [0.3, 0.4) is 0 Å². The molecular weight excluding hydrogens is 256 g/mol. The van der Waals surface area contributed by atoms with Gasteiger partial charge in [0.25, 0.3) is 0 Å². The Balaban J connectivity index is 2.29. The molecule has 19 heavy (non-hydrogen) atoms. The van der Waals surface area contributed by atoms with Crippen molar-refractivity contribution in [1.29, 1.82) is 0 Å². The minimum Gasteiger partial charge on any atom is -0.466 e. The Morgan fingerprint density at radius 2 is 2.00 bits per heavy atom. The summed E-state index contributed by atoms with van der Waals surface area (Å²) in [7, 11) is 0. The lowest BCUT2D eigenvalue weighted by molar-refractivity contribution is 0.484. The van der Waals surface area contributed by atoms with Gasteiger partial charge in [-0.05, 0) is 39.8 Å². The van der Waals surface area contributed by atoms with Gasteiger partial charge in [0.05, 0.1) is 5.01 Å². The van der Waals surface area contributed by atoms with Crippen LogP contribution in [0.1, 0.15) is 46.3 Å². The molecule has 1 unspecified atom stereocenters. The van der Waals surface area contributed by atoms with E-state index >= 15 is 0 Å². The molecule has 2 heterocycles. The average Bonchev–Trinajstić information content (AvgIpc) is 2.84. The highest BCUT2D eigenvalue weighted by Gasteiger charge is 2.21. The summed E-state index contributed by atoms with van der Waals surface area (Å²) in [5.41, 5.74) is 3.66. The van der Waals surface area contributed by atoms with E-state index in [0.717, 1.165) is 30.2 Å². The van der Waals surface area contributed by atoms with E-state index in [2.05, 4.69) is 29.5 Å². The fraction of sp³-hybridized carbons (Fsp3) is 0.533. The molecule has 2 aromatic heterocycles. The second-order valence-corrected chi connectivity index (χ2v) is 5.89. The monoisotopic (exact) mass is 278 g/mol. The highest BCUT2D eigenvalue weighted by atomic mass is 32.1. The SMILES string of the molecule is CCNC(Cc1nc(C)cs1)c1c(C)oc(C)c1C. The molecule has 0 radical (unpaired) electrons. The Labute approximate surface area is 119 Å². The van der Waals surface area contributed by atoms with Gasteiger partial charge < -0.3 is 9.73 Å². The zero-order valence-corrected chi connectivity index (χ0v) is 13.1. The van der Waals surface area contributed by atoms with Gasteiger partial charge in [0, 0.05) is 29.1 Å². The van der Waals surface area contributed by atoms with E-state index in [-0.39, 0.29) is 6.04 Å². The fourth-order valence-corrected chi connectivity index (χ4v) is 3.33. The number of hydrogen-bond donors (Lipinski definition) is 1. The smallest absolute Gasteiger partial charge is 0.106 e. The van der Waals surface area contributed by atoms with E-state index in [0.29, 0.717) is 0 Å². The molecule has 0 bridgehead atoms. The van der Waals surface area contributed by atoms with Crippen molar-refractivity contribution < 1.29 is 4.42 Å². The van der Waals surface area contributed by atoms with Crippen LogP contribution in [0.2, 0.25) is 0 Å². The minimum absolute atomic E-state index is 0.285. The van der Waals surface area contributed by atoms with Gasteiger partial charge in [0.1, 0.15) is 11.5 Å². The molecule has 104 valence electrons. The van der Waals surface area contributed by atoms with E-state index in [1.165, 1.54) is 16.1 Å². The lowest BCUT2D eigenvalue weighted by atomic mass is 9.99. The van der Waals surface area contributed by atoms with Gasteiger partial charge in [-0.25, -0.2) is 4.98 Å². The van der Waals surface area contributed by atoms with Crippen LogP contribution in [0, 0.1) is 27.7 Å². The Kier molecular flexibility index (Phi) is 4.42. The number of likely N-dealkylation sites (N-methyl/N-ethyl adjacent to an activating group) is 1. The maximum Gasteiger partial charge on any atom is 0.106 e. The summed E-state index contributed by atoms with van der Waals surface area (Å²) in [6.45, 7) is 11.3. The topological polar surface area (TPSA) is 38.1 Å². The zero-order chi connectivity index (χ0) is 14.0. The van der Waals surface area contributed by atoms with Crippen molar-refractivity contribution >= 4 is 11.3 Å². The molecule has 2 aromatic rings. The predicted molar refractivity (Wildman–Crippen MR) is 79.9 cm³/mol. The normalized spacial score (nSPS) is 12.9. The molecular formula is C15H22N2OS. The summed E-state index contributed by atoms with van der Waals surface area (Å²) in [6, 6.07) is 0.285. The largest absolute Gasteiger partial charge is 0.466 e. The lowest BCUT2D eigenvalue weighted by Crippen LogP contribution is -2.23. The molecule has 0 aliphatic rings. The number of hydrogen-bond acceptors (Lipinski definition) is 4. The quantitative estimate of drug-likeness (QED) is 0.902. The maximum absolute atomic E-state index is 5.76. The van der Waals surface area contributed by atoms with Crippen LogP contribution in [0.5, 0.6) is 0 Å². The first kappa shape index (κ1) is 14.3. The highest BCUT2D eigenvalue weighted by molar-refractivity contribution is 7.09. The van der Waals surface area contributed by atoms with Crippen molar-refractivity contribution in [3.05, 3.63) is 38.7 Å². The second-order valence-electron chi connectivity index (χ2n) is 4.95. The lowest BCUT2D eigenvalue weighted by Gasteiger charge is -2.17. The van der Waals surface area contributed by atoms with Crippen molar-refractivity contribution in [2.24, 2.45) is 0 Å². The van der Waals surface area contributed by atoms with Gasteiger partial charge in [0.2, 0.25) is 0 Å². The summed E-state index contributed by atoms with van der Waals surface area (Å²) in [6.07, 6.45) is 0.924. The molecule has 2 rings (SSSR count). The van der Waals surface area contributed by atoms with Crippen molar-refractivity contribution in [2.45, 2.75) is 47.1 Å². The van der Waals surface area contributed by atoms with E-state index in [1.807, 2.05) is 20.8 Å². The van der Waals surface area contributed by atoms with Gasteiger partial charge in [0.15, 0.2) is 0 Å². The van der Waals surface area contributed by atoms with Crippen LogP contribution >= 0.6 is 11.3 Å². The summed E-state index contributed by atoms with van der Waals surface area (Å²) in [5, 5.41) is 6.85. The van der Waals surface area contributed by atoms with Crippen molar-refractivity contribution in [1.82, 2.24) is 10.3 Å². The van der Waals surface area contributed by atoms with Gasteiger partial charge in [-0.3, -0.25) is 0 Å². The van der Waals surface area contributed by atoms with Gasteiger partial charge in [-0.2, -0.15) is 0 Å². The van der Waals surface area contributed by atoms with Crippen LogP contribution in [-0.4, -0.2) is 11.5 Å². The molecule has 1 N–H and O–H groups in total. The Morgan fingerprint density at radius 3 is 2.47 bits per heavy atom. The summed E-state index contributed by atoms with van der Waals surface area (Å²) >= 11 is 1.74. The molecule has 0 aliphatic carbocycles. The summed E-state index contributed by atoms with van der Waals surface area (Å²) in [4.78, 5) is 4.57. The van der Waals surface area contributed by atoms with Crippen molar-refractivity contribution in [2.75, 3.05) is 6.54 Å². The van der Waals surface area contributed by atoms with Crippen molar-refractivity contribution in [3.63, 3.8) is 0 Å². The van der Waals surface area contributed by atoms with Crippen LogP contribution in [-0.2, 0) is 6.42 Å². The van der Waals surface area contributed by atoms with Crippen LogP contribution in [0.4, 0.5) is 0 Å². The number of aryl methyl sites for hydroxylation is 3.